The van der Waals surface area contributed by atoms with Gasteiger partial charge in [0.15, 0.2) is 21.3 Å². The maximum absolute atomic E-state index is 12.0. The van der Waals surface area contributed by atoms with Crippen molar-refractivity contribution in [3.05, 3.63) is 94.3 Å². The quantitative estimate of drug-likeness (QED) is 0.175. The summed E-state index contributed by atoms with van der Waals surface area (Å²) in [5.74, 6) is 0.817. The van der Waals surface area contributed by atoms with Gasteiger partial charge >= 0.3 is 5.97 Å². The minimum Gasteiger partial charge on any atom is -0.488 e. The molecule has 0 amide bonds. The van der Waals surface area contributed by atoms with Crippen molar-refractivity contribution in [1.29, 1.82) is 0 Å². The summed E-state index contributed by atoms with van der Waals surface area (Å²) in [5.41, 5.74) is 3.29. The van der Waals surface area contributed by atoms with Gasteiger partial charge in [-0.15, -0.1) is 0 Å². The number of nitrogens with one attached hydrogen (secondary N) is 1. The zero-order chi connectivity index (χ0) is 33.8. The number of aliphatic hydroxyl groups is 1. The molecule has 0 bridgehead atoms. The number of hydrogen-bond donors (Lipinski definition) is 3. The van der Waals surface area contributed by atoms with E-state index in [0.717, 1.165) is 28.5 Å². The second kappa shape index (κ2) is 14.2. The van der Waals surface area contributed by atoms with Crippen LogP contribution in [0.1, 0.15) is 29.2 Å². The third kappa shape index (κ3) is 7.96. The molecule has 11 nitrogen and oxygen atoms in total. The van der Waals surface area contributed by atoms with Gasteiger partial charge in [0.2, 0.25) is 0 Å². The molecule has 13 heteroatoms. The summed E-state index contributed by atoms with van der Waals surface area (Å²) in [7, 11) is -3.48. The van der Waals surface area contributed by atoms with E-state index >= 15 is 0 Å². The summed E-state index contributed by atoms with van der Waals surface area (Å²) < 4.78 is 47.8. The van der Waals surface area contributed by atoms with Gasteiger partial charge in [-0.3, -0.25) is 15.1 Å². The monoisotopic (exact) mass is 682 g/mol. The van der Waals surface area contributed by atoms with Gasteiger partial charge in [-0.25, -0.2) is 8.42 Å². The van der Waals surface area contributed by atoms with Crippen LogP contribution in [0.25, 0.3) is 11.1 Å². The number of aliphatic hydroxyl groups excluding tert-OH is 1. The van der Waals surface area contributed by atoms with Crippen LogP contribution < -0.4 is 24.3 Å². The van der Waals surface area contributed by atoms with Crippen molar-refractivity contribution in [3.8, 4) is 34.1 Å². The van der Waals surface area contributed by atoms with Crippen molar-refractivity contribution in [1.82, 2.24) is 10.3 Å². The first-order chi connectivity index (χ1) is 22.4. The highest BCUT2D eigenvalue weighted by Crippen LogP contribution is 2.37. The van der Waals surface area contributed by atoms with Crippen LogP contribution in [0, 0.1) is 6.92 Å². The number of fused-ring (bicyclic) bond motifs is 1. The molecule has 248 valence electrons. The fraction of sp³-hybridized carbons (Fsp3) is 0.294. The van der Waals surface area contributed by atoms with Crippen molar-refractivity contribution in [2.45, 2.75) is 44.0 Å². The molecule has 0 unspecified atom stereocenters. The summed E-state index contributed by atoms with van der Waals surface area (Å²) >= 11 is 6.66. The molecule has 0 aliphatic carbocycles. The highest BCUT2D eigenvalue weighted by molar-refractivity contribution is 7.90. The normalized spacial score (nSPS) is 13.9. The zero-order valence-corrected chi connectivity index (χ0v) is 27.7. The molecule has 1 aliphatic rings. The SMILES string of the molecule is Cc1c(COc2cc(OCc3cncc(S(C)(=O)=O)c3)c(CN[C@@](C)(CO)C(=O)O)cc2Cl)cccc1-c1ccc2c(c1)OCCO2. The van der Waals surface area contributed by atoms with Crippen LogP contribution >= 0.6 is 11.6 Å². The van der Waals surface area contributed by atoms with Gasteiger partial charge in [0.05, 0.1) is 16.5 Å². The second-order valence-corrected chi connectivity index (χ2v) is 13.8. The van der Waals surface area contributed by atoms with Crippen LogP contribution in [-0.2, 0) is 34.4 Å². The Labute approximate surface area is 278 Å². The first kappa shape index (κ1) is 34.0. The molecule has 1 aliphatic heterocycles. The average molecular weight is 683 g/mol. The predicted molar refractivity (Wildman–Crippen MR) is 175 cm³/mol. The van der Waals surface area contributed by atoms with E-state index in [1.165, 1.54) is 25.4 Å². The number of halogens is 1. The standard InChI is InChI=1S/C34H35ClN2O9S/c1-21-24(5-4-6-27(21)23-7-8-29-32(13-23)44-10-9-43-29)19-46-31-14-30(45-18-22-11-26(17-36-15-22)47(3,41)42)25(12-28(31)35)16-37-34(2,20-38)33(39)40/h4-8,11-15,17,37-38H,9-10,16,18-20H2,1-3H3,(H,39,40)/t34-/m0/s1. The van der Waals surface area contributed by atoms with Crippen LogP contribution in [0.15, 0.2) is 71.9 Å². The number of nitrogens with zero attached hydrogens (tertiary/aromatic N) is 1. The van der Waals surface area contributed by atoms with Gasteiger partial charge in [0, 0.05) is 42.4 Å². The van der Waals surface area contributed by atoms with Gasteiger partial charge in [-0.05, 0) is 60.4 Å². The number of benzene rings is 3. The van der Waals surface area contributed by atoms with Crippen molar-refractivity contribution in [2.24, 2.45) is 0 Å². The van der Waals surface area contributed by atoms with Crippen molar-refractivity contribution in [3.63, 3.8) is 0 Å². The molecule has 1 atom stereocenters. The lowest BCUT2D eigenvalue weighted by Crippen LogP contribution is -2.52. The van der Waals surface area contributed by atoms with Crippen molar-refractivity contribution < 1.29 is 42.4 Å². The Bertz CT molecular complexity index is 1900. The summed E-state index contributed by atoms with van der Waals surface area (Å²) in [5, 5.41) is 22.4. The predicted octanol–water partition coefficient (Wildman–Crippen LogP) is 4.97. The lowest BCUT2D eigenvalue weighted by molar-refractivity contribution is -0.145. The summed E-state index contributed by atoms with van der Waals surface area (Å²) in [6, 6.07) is 16.5. The average Bonchev–Trinajstić information content (AvgIpc) is 3.06. The lowest BCUT2D eigenvalue weighted by atomic mass is 9.96. The fourth-order valence-corrected chi connectivity index (χ4v) is 5.73. The Kier molecular flexibility index (Phi) is 10.3. The van der Waals surface area contributed by atoms with E-state index in [9.17, 15) is 23.4 Å². The maximum atomic E-state index is 12.0. The van der Waals surface area contributed by atoms with Crippen LogP contribution in [0.4, 0.5) is 0 Å². The van der Waals surface area contributed by atoms with E-state index in [1.54, 1.807) is 12.1 Å². The minimum atomic E-state index is -3.48. The number of ether oxygens (including phenoxy) is 4. The van der Waals surface area contributed by atoms with Gasteiger partial charge in [0.25, 0.3) is 0 Å². The number of carboxylic acids is 1. The molecule has 5 rings (SSSR count). The van der Waals surface area contributed by atoms with E-state index in [2.05, 4.69) is 10.3 Å². The molecule has 47 heavy (non-hydrogen) atoms. The van der Waals surface area contributed by atoms with Crippen LogP contribution in [0.5, 0.6) is 23.0 Å². The number of carboxylic acid groups (broad SMARTS) is 1. The number of aromatic nitrogens is 1. The number of rotatable bonds is 13. The summed E-state index contributed by atoms with van der Waals surface area (Å²) in [4.78, 5) is 15.8. The van der Waals surface area contributed by atoms with E-state index < -0.39 is 28.0 Å². The van der Waals surface area contributed by atoms with Gasteiger partial charge in [-0.2, -0.15) is 0 Å². The molecule has 0 radical (unpaired) electrons. The number of sulfone groups is 1. The molecule has 0 saturated heterocycles. The van der Waals surface area contributed by atoms with Crippen molar-refractivity contribution >= 4 is 27.4 Å². The number of hydrogen-bond acceptors (Lipinski definition) is 10. The highest BCUT2D eigenvalue weighted by Gasteiger charge is 2.32. The Balaban J connectivity index is 1.40. The first-order valence-corrected chi connectivity index (χ1v) is 16.9. The van der Waals surface area contributed by atoms with Crippen LogP contribution in [-0.4, -0.2) is 61.2 Å². The van der Waals surface area contributed by atoms with Gasteiger partial charge in [-0.1, -0.05) is 35.9 Å². The highest BCUT2D eigenvalue weighted by atomic mass is 35.5. The van der Waals surface area contributed by atoms with Crippen molar-refractivity contribution in [2.75, 3.05) is 26.1 Å². The van der Waals surface area contributed by atoms with E-state index in [0.29, 0.717) is 47.3 Å². The number of carbonyl (C=O) groups is 1. The molecule has 1 aromatic heterocycles. The largest absolute Gasteiger partial charge is 0.488 e. The van der Waals surface area contributed by atoms with E-state index in [4.69, 9.17) is 30.5 Å². The summed E-state index contributed by atoms with van der Waals surface area (Å²) in [6.45, 7) is 3.85. The third-order valence-corrected chi connectivity index (χ3v) is 9.22. The lowest BCUT2D eigenvalue weighted by Gasteiger charge is -2.25. The Hall–Kier alpha value is -4.36. The molecular formula is C34H35ClN2O9S. The molecule has 0 spiro atoms. The minimum absolute atomic E-state index is 0.0169. The Morgan fingerprint density at radius 3 is 2.47 bits per heavy atom. The second-order valence-electron chi connectivity index (χ2n) is 11.4. The van der Waals surface area contributed by atoms with E-state index in [1.807, 2.05) is 43.3 Å². The van der Waals surface area contributed by atoms with E-state index in [-0.39, 0.29) is 29.7 Å². The number of pyridine rings is 1. The molecule has 0 fully saturated rings. The summed E-state index contributed by atoms with van der Waals surface area (Å²) in [6.07, 6.45) is 3.84. The molecule has 3 aromatic carbocycles. The molecule has 2 heterocycles. The third-order valence-electron chi connectivity index (χ3n) is 7.85. The molecule has 3 N–H and O–H groups in total. The molecule has 0 saturated carbocycles. The molecule has 4 aromatic rings. The number of aliphatic carboxylic acids is 1. The Morgan fingerprint density at radius 1 is 1.00 bits per heavy atom. The fourth-order valence-electron chi connectivity index (χ4n) is 4.87. The zero-order valence-electron chi connectivity index (χ0n) is 26.1. The smallest absolute Gasteiger partial charge is 0.326 e. The van der Waals surface area contributed by atoms with Crippen LogP contribution in [0.3, 0.4) is 0 Å². The topological polar surface area (TPSA) is 154 Å². The Morgan fingerprint density at radius 2 is 1.74 bits per heavy atom. The van der Waals surface area contributed by atoms with Crippen LogP contribution in [0.2, 0.25) is 5.02 Å². The first-order valence-electron chi connectivity index (χ1n) is 14.7. The van der Waals surface area contributed by atoms with Gasteiger partial charge < -0.3 is 29.2 Å². The van der Waals surface area contributed by atoms with Gasteiger partial charge in [0.1, 0.15) is 43.5 Å². The molecular weight excluding hydrogens is 648 g/mol. The maximum Gasteiger partial charge on any atom is 0.326 e.